The van der Waals surface area contributed by atoms with Gasteiger partial charge in [-0.2, -0.15) is 5.26 Å². The van der Waals surface area contributed by atoms with Gasteiger partial charge in [0.1, 0.15) is 0 Å². The van der Waals surface area contributed by atoms with Gasteiger partial charge in [0.25, 0.3) is 0 Å². The van der Waals surface area contributed by atoms with Crippen LogP contribution in [0.25, 0.3) is 10.9 Å². The van der Waals surface area contributed by atoms with Crippen LogP contribution < -0.4 is 5.32 Å². The first-order chi connectivity index (χ1) is 13.6. The molecule has 2 heterocycles. The zero-order valence-corrected chi connectivity index (χ0v) is 16.3. The highest BCUT2D eigenvalue weighted by Crippen LogP contribution is 2.33. The Bertz CT molecular complexity index is 1060. The Morgan fingerprint density at radius 3 is 2.93 bits per heavy atom. The van der Waals surface area contributed by atoms with Crippen LogP contribution in [0.4, 0.5) is 0 Å². The quantitative estimate of drug-likeness (QED) is 0.761. The number of nitriles is 1. The fourth-order valence-corrected chi connectivity index (χ4v) is 4.04. The molecule has 0 radical (unpaired) electrons. The number of hydrogen-bond acceptors (Lipinski definition) is 3. The van der Waals surface area contributed by atoms with Gasteiger partial charge in [-0.25, -0.2) is 0 Å². The van der Waals surface area contributed by atoms with Gasteiger partial charge in [-0.3, -0.25) is 9.78 Å². The molecule has 28 heavy (non-hydrogen) atoms. The fraction of sp³-hybridized carbons (Fsp3) is 0.348. The molecule has 1 unspecified atom stereocenters. The maximum atomic E-state index is 12.2. The molecule has 142 valence electrons. The summed E-state index contributed by atoms with van der Waals surface area (Å²) in [6.45, 7) is 4.55. The predicted octanol–water partition coefficient (Wildman–Crippen LogP) is 3.59. The first-order valence-corrected chi connectivity index (χ1v) is 9.81. The van der Waals surface area contributed by atoms with Gasteiger partial charge in [0, 0.05) is 34.8 Å². The topological polar surface area (TPSA) is 70.7 Å². The van der Waals surface area contributed by atoms with E-state index >= 15 is 0 Å². The molecule has 2 aromatic heterocycles. The molecule has 3 aromatic rings. The van der Waals surface area contributed by atoms with Crippen molar-refractivity contribution in [2.45, 2.75) is 45.7 Å². The standard InChI is InChI=1S/C23H24N4O/c1-15(2)23(28)26-17-7-9-22-20(12-17)19-11-16(13-24)6-8-21(19)27(22)14-18-5-3-4-10-25-18/h3-6,8,10-11,15,17H,7,9,12,14H2,1-2H3,(H,26,28). The molecule has 1 aromatic carbocycles. The lowest BCUT2D eigenvalue weighted by Gasteiger charge is -2.26. The third-order valence-electron chi connectivity index (χ3n) is 5.51. The number of pyridine rings is 1. The molecule has 1 amide bonds. The lowest BCUT2D eigenvalue weighted by molar-refractivity contribution is -0.124. The van der Waals surface area contributed by atoms with Crippen LogP contribution in [0.2, 0.25) is 0 Å². The number of amides is 1. The molecule has 0 saturated heterocycles. The van der Waals surface area contributed by atoms with E-state index in [0.29, 0.717) is 12.1 Å². The van der Waals surface area contributed by atoms with E-state index in [0.717, 1.165) is 35.9 Å². The van der Waals surface area contributed by atoms with Gasteiger partial charge < -0.3 is 9.88 Å². The zero-order chi connectivity index (χ0) is 19.7. The van der Waals surface area contributed by atoms with Crippen molar-refractivity contribution in [2.75, 3.05) is 0 Å². The van der Waals surface area contributed by atoms with E-state index in [9.17, 15) is 10.1 Å². The van der Waals surface area contributed by atoms with Gasteiger partial charge in [0.05, 0.1) is 23.9 Å². The molecule has 4 rings (SSSR count). The SMILES string of the molecule is CC(C)C(=O)NC1CCc2c(c3cc(C#N)ccc3n2Cc2ccccn2)C1. The number of rotatable bonds is 4. The molecule has 0 spiro atoms. The number of hydrogen-bond donors (Lipinski definition) is 1. The number of nitrogens with one attached hydrogen (secondary N) is 1. The minimum atomic E-state index is -0.0166. The third-order valence-corrected chi connectivity index (χ3v) is 5.51. The van der Waals surface area contributed by atoms with Crippen LogP contribution in [-0.2, 0) is 24.2 Å². The van der Waals surface area contributed by atoms with E-state index in [-0.39, 0.29) is 17.9 Å². The largest absolute Gasteiger partial charge is 0.353 e. The molecule has 1 aliphatic carbocycles. The molecule has 1 atom stereocenters. The summed E-state index contributed by atoms with van der Waals surface area (Å²) >= 11 is 0. The Morgan fingerprint density at radius 1 is 1.36 bits per heavy atom. The molecule has 0 aliphatic heterocycles. The van der Waals surface area contributed by atoms with Gasteiger partial charge >= 0.3 is 0 Å². The molecular weight excluding hydrogens is 348 g/mol. The van der Waals surface area contributed by atoms with E-state index < -0.39 is 0 Å². The Hall–Kier alpha value is -3.13. The van der Waals surface area contributed by atoms with Crippen molar-refractivity contribution in [2.24, 2.45) is 5.92 Å². The fourth-order valence-electron chi connectivity index (χ4n) is 4.04. The maximum absolute atomic E-state index is 12.2. The van der Waals surface area contributed by atoms with Crippen LogP contribution in [0.15, 0.2) is 42.6 Å². The van der Waals surface area contributed by atoms with Crippen molar-refractivity contribution in [1.29, 1.82) is 5.26 Å². The number of carbonyl (C=O) groups is 1. The van der Waals surface area contributed by atoms with Gasteiger partial charge in [-0.05, 0) is 55.2 Å². The van der Waals surface area contributed by atoms with E-state index in [1.807, 2.05) is 56.4 Å². The number of aromatic nitrogens is 2. The van der Waals surface area contributed by atoms with Crippen molar-refractivity contribution >= 4 is 16.8 Å². The molecule has 0 bridgehead atoms. The Labute approximate surface area is 165 Å². The second-order valence-electron chi connectivity index (χ2n) is 7.78. The van der Waals surface area contributed by atoms with Crippen molar-refractivity contribution in [1.82, 2.24) is 14.9 Å². The highest BCUT2D eigenvalue weighted by atomic mass is 16.1. The van der Waals surface area contributed by atoms with Crippen LogP contribution in [0.1, 0.15) is 42.8 Å². The number of fused-ring (bicyclic) bond motifs is 3. The second kappa shape index (κ2) is 7.47. The molecule has 1 N–H and O–H groups in total. The Morgan fingerprint density at radius 2 is 2.21 bits per heavy atom. The third kappa shape index (κ3) is 3.38. The molecule has 0 saturated carbocycles. The summed E-state index contributed by atoms with van der Waals surface area (Å²) < 4.78 is 2.33. The summed E-state index contributed by atoms with van der Waals surface area (Å²) in [7, 11) is 0. The number of carbonyl (C=O) groups excluding carboxylic acids is 1. The second-order valence-corrected chi connectivity index (χ2v) is 7.78. The van der Waals surface area contributed by atoms with Crippen LogP contribution in [0.5, 0.6) is 0 Å². The summed E-state index contributed by atoms with van der Waals surface area (Å²) in [4.78, 5) is 16.7. The Kier molecular flexibility index (Phi) is 4.87. The van der Waals surface area contributed by atoms with E-state index in [1.54, 1.807) is 0 Å². The summed E-state index contributed by atoms with van der Waals surface area (Å²) in [5, 5.41) is 13.7. The van der Waals surface area contributed by atoms with Gasteiger partial charge in [-0.15, -0.1) is 0 Å². The zero-order valence-electron chi connectivity index (χ0n) is 16.3. The van der Waals surface area contributed by atoms with Crippen LogP contribution in [0.3, 0.4) is 0 Å². The van der Waals surface area contributed by atoms with Crippen molar-refractivity contribution in [3.63, 3.8) is 0 Å². The normalized spacial score (nSPS) is 16.0. The highest BCUT2D eigenvalue weighted by Gasteiger charge is 2.27. The first kappa shape index (κ1) is 18.2. The van der Waals surface area contributed by atoms with Crippen LogP contribution in [0, 0.1) is 17.2 Å². The molecule has 1 aliphatic rings. The van der Waals surface area contributed by atoms with Crippen molar-refractivity contribution < 1.29 is 4.79 Å². The average Bonchev–Trinajstić information content (AvgIpc) is 3.01. The monoisotopic (exact) mass is 372 g/mol. The van der Waals surface area contributed by atoms with Crippen LogP contribution >= 0.6 is 0 Å². The smallest absolute Gasteiger partial charge is 0.222 e. The summed E-state index contributed by atoms with van der Waals surface area (Å²) in [6.07, 6.45) is 4.45. The number of benzene rings is 1. The Balaban J connectivity index is 1.76. The molecule has 5 heteroatoms. The molecule has 0 fully saturated rings. The number of nitrogens with zero attached hydrogens (tertiary/aromatic N) is 3. The lowest BCUT2D eigenvalue weighted by Crippen LogP contribution is -2.41. The van der Waals surface area contributed by atoms with Gasteiger partial charge in [0.15, 0.2) is 0 Å². The van der Waals surface area contributed by atoms with Gasteiger partial charge in [0.2, 0.25) is 5.91 Å². The van der Waals surface area contributed by atoms with Crippen molar-refractivity contribution in [3.05, 3.63) is 65.1 Å². The van der Waals surface area contributed by atoms with E-state index in [1.165, 1.54) is 11.3 Å². The predicted molar refractivity (Wildman–Crippen MR) is 109 cm³/mol. The van der Waals surface area contributed by atoms with Crippen molar-refractivity contribution in [3.8, 4) is 6.07 Å². The minimum Gasteiger partial charge on any atom is -0.353 e. The molecule has 5 nitrogen and oxygen atoms in total. The summed E-state index contributed by atoms with van der Waals surface area (Å²) in [5.41, 5.74) is 5.36. The van der Waals surface area contributed by atoms with E-state index in [4.69, 9.17) is 0 Å². The average molecular weight is 372 g/mol. The summed E-state index contributed by atoms with van der Waals surface area (Å²) in [5.74, 6) is 0.0838. The lowest BCUT2D eigenvalue weighted by atomic mass is 9.90. The van der Waals surface area contributed by atoms with Gasteiger partial charge in [-0.1, -0.05) is 19.9 Å². The maximum Gasteiger partial charge on any atom is 0.222 e. The summed E-state index contributed by atoms with van der Waals surface area (Å²) in [6, 6.07) is 14.3. The minimum absolute atomic E-state index is 0.0166. The van der Waals surface area contributed by atoms with E-state index in [2.05, 4.69) is 20.9 Å². The first-order valence-electron chi connectivity index (χ1n) is 9.81. The van der Waals surface area contributed by atoms with Crippen LogP contribution in [-0.4, -0.2) is 21.5 Å². The molecular formula is C23H24N4O. The highest BCUT2D eigenvalue weighted by molar-refractivity contribution is 5.87.